The molecule has 0 aromatic heterocycles. The zero-order chi connectivity index (χ0) is 7.40. The summed E-state index contributed by atoms with van der Waals surface area (Å²) in [4.78, 5) is 10.8. The van der Waals surface area contributed by atoms with Crippen LogP contribution in [-0.2, 0) is 15.6 Å². The van der Waals surface area contributed by atoms with E-state index in [1.807, 2.05) is 0 Å². The Labute approximate surface area is 63.5 Å². The summed E-state index contributed by atoms with van der Waals surface area (Å²) in [5, 5.41) is 0. The zero-order valence-corrected chi connectivity index (χ0v) is 6.78. The summed E-state index contributed by atoms with van der Waals surface area (Å²) in [5.74, 6) is 1.80. The molecule has 3 heteroatoms. The van der Waals surface area contributed by atoms with E-state index in [-0.39, 0.29) is 0 Å². The molecule has 0 unspecified atom stereocenters. The number of ketones is 1. The van der Waals surface area contributed by atoms with Gasteiger partial charge in [-0.25, -0.2) is 0 Å². The van der Waals surface area contributed by atoms with Crippen LogP contribution in [0.1, 0.15) is 25.7 Å². The summed E-state index contributed by atoms with van der Waals surface area (Å²) in [6.45, 7) is 0. The highest BCUT2D eigenvalue weighted by Crippen LogP contribution is 2.06. The predicted molar refractivity (Wildman–Crippen MR) is 41.4 cm³/mol. The Hall–Kier alpha value is -0.180. The minimum Gasteiger partial charge on any atom is -0.300 e. The molecule has 1 rings (SSSR count). The van der Waals surface area contributed by atoms with Crippen LogP contribution in [0.4, 0.5) is 0 Å². The van der Waals surface area contributed by atoms with E-state index < -0.39 is 10.8 Å². The summed E-state index contributed by atoms with van der Waals surface area (Å²) in [6.07, 6.45) is 2.94. The van der Waals surface area contributed by atoms with E-state index in [2.05, 4.69) is 0 Å². The van der Waals surface area contributed by atoms with E-state index in [0.717, 1.165) is 24.3 Å². The van der Waals surface area contributed by atoms with Gasteiger partial charge in [0.05, 0.1) is 0 Å². The Balaban J connectivity index is 2.34. The van der Waals surface area contributed by atoms with Gasteiger partial charge in [-0.1, -0.05) is 0 Å². The highest BCUT2D eigenvalue weighted by molar-refractivity contribution is 7.84. The minimum absolute atomic E-state index is 0.344. The van der Waals surface area contributed by atoms with Crippen molar-refractivity contribution in [3.8, 4) is 0 Å². The average molecular weight is 160 g/mol. The molecule has 0 aromatic carbocycles. The molecule has 0 N–H and O–H groups in total. The summed E-state index contributed by atoms with van der Waals surface area (Å²) >= 11 is 0. The molecule has 1 heterocycles. The van der Waals surface area contributed by atoms with Gasteiger partial charge in [-0.15, -0.1) is 0 Å². The van der Waals surface area contributed by atoms with Crippen molar-refractivity contribution in [2.24, 2.45) is 0 Å². The fourth-order valence-electron chi connectivity index (χ4n) is 1.09. The van der Waals surface area contributed by atoms with Gasteiger partial charge in [0.2, 0.25) is 0 Å². The molecule has 0 atom stereocenters. The molecule has 0 aliphatic carbocycles. The molecule has 2 nitrogen and oxygen atoms in total. The second kappa shape index (κ2) is 3.86. The second-order valence-corrected chi connectivity index (χ2v) is 4.29. The first kappa shape index (κ1) is 7.92. The maximum absolute atomic E-state index is 10.9. The summed E-state index contributed by atoms with van der Waals surface area (Å²) in [5.41, 5.74) is 0. The molecule has 1 saturated heterocycles. The fourth-order valence-corrected chi connectivity index (χ4v) is 2.22. The maximum atomic E-state index is 10.9. The Morgan fingerprint density at radius 1 is 1.10 bits per heavy atom. The lowest BCUT2D eigenvalue weighted by molar-refractivity contribution is -0.119. The number of carbonyl (C=O) groups excluding carboxylic acids is 1. The fraction of sp³-hybridized carbons (Fsp3) is 0.857. The molecule has 1 aliphatic heterocycles. The minimum atomic E-state index is -0.636. The third-order valence-corrected chi connectivity index (χ3v) is 3.14. The third-order valence-electron chi connectivity index (χ3n) is 1.66. The van der Waals surface area contributed by atoms with E-state index in [4.69, 9.17) is 0 Å². The van der Waals surface area contributed by atoms with Gasteiger partial charge < -0.3 is 0 Å². The van der Waals surface area contributed by atoms with Crippen molar-refractivity contribution in [1.29, 1.82) is 0 Å². The summed E-state index contributed by atoms with van der Waals surface area (Å²) in [6, 6.07) is 0. The lowest BCUT2D eigenvalue weighted by Crippen LogP contribution is -2.11. The van der Waals surface area contributed by atoms with Crippen LogP contribution in [0.25, 0.3) is 0 Å². The molecule has 58 valence electrons. The molecule has 0 radical (unpaired) electrons. The number of rotatable bonds is 0. The standard InChI is InChI=1S/C7H12O2S/c8-7-3-1-5-10(9)6-2-4-7/h1-6H2. The zero-order valence-electron chi connectivity index (χ0n) is 5.97. The van der Waals surface area contributed by atoms with Crippen LogP contribution in [0.5, 0.6) is 0 Å². The van der Waals surface area contributed by atoms with Crippen molar-refractivity contribution >= 4 is 16.6 Å². The van der Waals surface area contributed by atoms with Gasteiger partial charge in [0.25, 0.3) is 0 Å². The Morgan fingerprint density at radius 2 is 1.60 bits per heavy atom. The summed E-state index contributed by atoms with van der Waals surface area (Å²) in [7, 11) is -0.636. The largest absolute Gasteiger partial charge is 0.300 e. The molecular weight excluding hydrogens is 148 g/mol. The van der Waals surface area contributed by atoms with Crippen molar-refractivity contribution < 1.29 is 9.00 Å². The number of Topliss-reactive ketones (excluding diaryl/α,β-unsaturated/α-hetero) is 1. The molecule has 0 amide bonds. The number of carbonyl (C=O) groups is 1. The first-order valence-electron chi connectivity index (χ1n) is 3.66. The molecule has 0 bridgehead atoms. The van der Waals surface area contributed by atoms with Crippen molar-refractivity contribution in [3.05, 3.63) is 0 Å². The van der Waals surface area contributed by atoms with Crippen LogP contribution in [-0.4, -0.2) is 21.5 Å². The molecule has 10 heavy (non-hydrogen) atoms. The van der Waals surface area contributed by atoms with Gasteiger partial charge in [-0.2, -0.15) is 0 Å². The van der Waals surface area contributed by atoms with E-state index >= 15 is 0 Å². The lowest BCUT2D eigenvalue weighted by atomic mass is 10.1. The second-order valence-electron chi connectivity index (χ2n) is 2.59. The van der Waals surface area contributed by atoms with Crippen molar-refractivity contribution in [2.75, 3.05) is 11.5 Å². The summed E-state index contributed by atoms with van der Waals surface area (Å²) < 4.78 is 10.9. The van der Waals surface area contributed by atoms with E-state index in [9.17, 15) is 9.00 Å². The smallest absolute Gasteiger partial charge is 0.132 e. The molecule has 0 aromatic rings. The van der Waals surface area contributed by atoms with Gasteiger partial charge in [-0.05, 0) is 12.8 Å². The lowest BCUT2D eigenvalue weighted by Gasteiger charge is -2.05. The first-order chi connectivity index (χ1) is 4.79. The third kappa shape index (κ3) is 2.60. The topological polar surface area (TPSA) is 34.1 Å². The van der Waals surface area contributed by atoms with Crippen LogP contribution < -0.4 is 0 Å². The van der Waals surface area contributed by atoms with Crippen LogP contribution in [0, 0.1) is 0 Å². The molecule has 1 aliphatic rings. The van der Waals surface area contributed by atoms with Crippen LogP contribution >= 0.6 is 0 Å². The quantitative estimate of drug-likeness (QED) is 0.527. The monoisotopic (exact) mass is 160 g/mol. The van der Waals surface area contributed by atoms with Crippen molar-refractivity contribution in [1.82, 2.24) is 0 Å². The highest BCUT2D eigenvalue weighted by Gasteiger charge is 2.09. The molecule has 0 saturated carbocycles. The Morgan fingerprint density at radius 3 is 2.10 bits per heavy atom. The molecule has 1 fully saturated rings. The average Bonchev–Trinajstić information content (AvgIpc) is 1.84. The van der Waals surface area contributed by atoms with Crippen LogP contribution in [0.15, 0.2) is 0 Å². The van der Waals surface area contributed by atoms with Crippen LogP contribution in [0.3, 0.4) is 0 Å². The Kier molecular flexibility index (Phi) is 3.06. The van der Waals surface area contributed by atoms with Gasteiger partial charge in [0, 0.05) is 35.1 Å². The first-order valence-corrected chi connectivity index (χ1v) is 5.14. The van der Waals surface area contributed by atoms with E-state index in [1.54, 1.807) is 0 Å². The predicted octanol–water partition coefficient (Wildman–Crippen LogP) is 0.878. The van der Waals surface area contributed by atoms with Crippen LogP contribution in [0.2, 0.25) is 0 Å². The van der Waals surface area contributed by atoms with Gasteiger partial charge in [-0.3, -0.25) is 9.00 Å². The van der Waals surface area contributed by atoms with Crippen molar-refractivity contribution in [3.63, 3.8) is 0 Å². The van der Waals surface area contributed by atoms with Gasteiger partial charge in [0.1, 0.15) is 5.78 Å². The maximum Gasteiger partial charge on any atom is 0.132 e. The Bertz CT molecular complexity index is 124. The normalized spacial score (nSPS) is 23.8. The van der Waals surface area contributed by atoms with E-state index in [0.29, 0.717) is 18.6 Å². The van der Waals surface area contributed by atoms with E-state index in [1.165, 1.54) is 0 Å². The van der Waals surface area contributed by atoms with Crippen molar-refractivity contribution in [2.45, 2.75) is 25.7 Å². The number of hydrogen-bond donors (Lipinski definition) is 0. The SMILES string of the molecule is O=C1CCCS(=O)CCC1. The molecular formula is C7H12O2S. The molecule has 0 spiro atoms. The van der Waals surface area contributed by atoms with Gasteiger partial charge >= 0.3 is 0 Å². The van der Waals surface area contributed by atoms with Gasteiger partial charge in [0.15, 0.2) is 0 Å². The number of hydrogen-bond acceptors (Lipinski definition) is 2. The highest BCUT2D eigenvalue weighted by atomic mass is 32.2.